The molecule has 1 saturated carbocycles. The highest BCUT2D eigenvalue weighted by atomic mass is 16.5. The SMILES string of the molecule is NCC12CCCC(CO)(CO1)C2. The van der Waals surface area contributed by atoms with Gasteiger partial charge < -0.3 is 15.6 Å². The second kappa shape index (κ2) is 2.69. The van der Waals surface area contributed by atoms with Gasteiger partial charge >= 0.3 is 0 Å². The Bertz CT molecular complexity index is 167. The zero-order valence-corrected chi connectivity index (χ0v) is 7.38. The summed E-state index contributed by atoms with van der Waals surface area (Å²) in [4.78, 5) is 0. The Labute approximate surface area is 72.9 Å². The number of ether oxygens (including phenoxy) is 1. The lowest BCUT2D eigenvalue weighted by atomic mass is 9.71. The Balaban J connectivity index is 2.16. The van der Waals surface area contributed by atoms with E-state index in [0.29, 0.717) is 13.2 Å². The van der Waals surface area contributed by atoms with E-state index in [1.54, 1.807) is 0 Å². The van der Waals surface area contributed by atoms with Crippen LogP contribution in [0.25, 0.3) is 0 Å². The van der Waals surface area contributed by atoms with Crippen LogP contribution in [0.3, 0.4) is 0 Å². The van der Waals surface area contributed by atoms with Crippen LogP contribution in [-0.4, -0.2) is 30.5 Å². The third-order valence-corrected chi connectivity index (χ3v) is 3.43. The van der Waals surface area contributed by atoms with Crippen molar-refractivity contribution in [3.63, 3.8) is 0 Å². The normalized spacial score (nSPS) is 46.5. The van der Waals surface area contributed by atoms with Crippen LogP contribution in [0.5, 0.6) is 0 Å². The molecule has 0 aromatic carbocycles. The van der Waals surface area contributed by atoms with Crippen LogP contribution < -0.4 is 5.73 Å². The second-order valence-electron chi connectivity index (χ2n) is 4.36. The Morgan fingerprint density at radius 2 is 2.25 bits per heavy atom. The Morgan fingerprint density at radius 1 is 1.42 bits per heavy atom. The van der Waals surface area contributed by atoms with Gasteiger partial charge in [0.1, 0.15) is 0 Å². The maximum absolute atomic E-state index is 9.26. The topological polar surface area (TPSA) is 55.5 Å². The van der Waals surface area contributed by atoms with Crippen molar-refractivity contribution in [1.82, 2.24) is 0 Å². The van der Waals surface area contributed by atoms with Crippen molar-refractivity contribution in [2.75, 3.05) is 19.8 Å². The molecule has 1 heterocycles. The first-order valence-corrected chi connectivity index (χ1v) is 4.69. The van der Waals surface area contributed by atoms with E-state index in [1.807, 2.05) is 0 Å². The molecule has 0 amide bonds. The standard InChI is InChI=1S/C9H17NO2/c10-5-9-3-1-2-8(4-9,6-11)7-12-9/h11H,1-7,10H2. The van der Waals surface area contributed by atoms with Gasteiger partial charge in [0.2, 0.25) is 0 Å². The first kappa shape index (κ1) is 8.48. The van der Waals surface area contributed by atoms with Gasteiger partial charge in [0.15, 0.2) is 0 Å². The highest BCUT2D eigenvalue weighted by molar-refractivity contribution is 5.01. The van der Waals surface area contributed by atoms with Gasteiger partial charge in [-0.15, -0.1) is 0 Å². The molecule has 1 aliphatic heterocycles. The number of nitrogens with two attached hydrogens (primary N) is 1. The molecule has 1 aliphatic carbocycles. The van der Waals surface area contributed by atoms with Crippen molar-refractivity contribution in [3.05, 3.63) is 0 Å². The molecule has 2 bridgehead atoms. The number of aliphatic hydroxyl groups excluding tert-OH is 1. The van der Waals surface area contributed by atoms with Crippen LogP contribution in [0.2, 0.25) is 0 Å². The van der Waals surface area contributed by atoms with E-state index in [0.717, 1.165) is 25.7 Å². The predicted molar refractivity (Wildman–Crippen MR) is 45.7 cm³/mol. The second-order valence-corrected chi connectivity index (χ2v) is 4.36. The summed E-state index contributed by atoms with van der Waals surface area (Å²) in [5.41, 5.74) is 5.65. The van der Waals surface area contributed by atoms with Crippen LogP contribution in [0.15, 0.2) is 0 Å². The van der Waals surface area contributed by atoms with Crippen LogP contribution in [0.4, 0.5) is 0 Å². The minimum atomic E-state index is -0.0824. The van der Waals surface area contributed by atoms with Gasteiger partial charge in [0, 0.05) is 12.0 Å². The van der Waals surface area contributed by atoms with Gasteiger partial charge in [-0.05, 0) is 25.7 Å². The average Bonchev–Trinajstić information content (AvgIpc) is 2.41. The van der Waals surface area contributed by atoms with Crippen LogP contribution in [0.1, 0.15) is 25.7 Å². The third-order valence-electron chi connectivity index (χ3n) is 3.43. The lowest BCUT2D eigenvalue weighted by Gasteiger charge is -2.35. The minimum absolute atomic E-state index is 0.0532. The molecule has 1 saturated heterocycles. The molecule has 3 heteroatoms. The first-order valence-electron chi connectivity index (χ1n) is 4.69. The molecule has 0 spiro atoms. The van der Waals surface area contributed by atoms with Crippen molar-refractivity contribution >= 4 is 0 Å². The summed E-state index contributed by atoms with van der Waals surface area (Å²) in [6, 6.07) is 0. The number of hydrogen-bond donors (Lipinski definition) is 2. The summed E-state index contributed by atoms with van der Waals surface area (Å²) in [7, 11) is 0. The van der Waals surface area contributed by atoms with Crippen molar-refractivity contribution in [1.29, 1.82) is 0 Å². The molecule has 0 aromatic heterocycles. The summed E-state index contributed by atoms with van der Waals surface area (Å²) in [5, 5.41) is 9.26. The van der Waals surface area contributed by atoms with E-state index in [2.05, 4.69) is 0 Å². The molecule has 3 N–H and O–H groups in total. The van der Waals surface area contributed by atoms with Gasteiger partial charge in [0.25, 0.3) is 0 Å². The van der Waals surface area contributed by atoms with Crippen LogP contribution >= 0.6 is 0 Å². The van der Waals surface area contributed by atoms with E-state index < -0.39 is 0 Å². The van der Waals surface area contributed by atoms with E-state index in [-0.39, 0.29) is 17.6 Å². The summed E-state index contributed by atoms with van der Waals surface area (Å²) in [5.74, 6) is 0. The molecular formula is C9H17NO2. The highest BCUT2D eigenvalue weighted by Gasteiger charge is 2.51. The fraction of sp³-hybridized carbons (Fsp3) is 1.00. The third kappa shape index (κ3) is 1.08. The maximum atomic E-state index is 9.26. The number of rotatable bonds is 2. The smallest absolute Gasteiger partial charge is 0.0811 e. The van der Waals surface area contributed by atoms with Gasteiger partial charge in [-0.3, -0.25) is 0 Å². The number of hydrogen-bond acceptors (Lipinski definition) is 3. The zero-order valence-electron chi connectivity index (χ0n) is 7.38. The average molecular weight is 171 g/mol. The molecular weight excluding hydrogens is 154 g/mol. The zero-order chi connectivity index (χ0) is 8.66. The highest BCUT2D eigenvalue weighted by Crippen LogP contribution is 2.49. The molecule has 2 fully saturated rings. The van der Waals surface area contributed by atoms with Crippen molar-refractivity contribution in [2.24, 2.45) is 11.1 Å². The Hall–Kier alpha value is -0.120. The fourth-order valence-electron chi connectivity index (χ4n) is 2.61. The van der Waals surface area contributed by atoms with E-state index in [1.165, 1.54) is 0 Å². The molecule has 0 aromatic rings. The summed E-state index contributed by atoms with van der Waals surface area (Å²) >= 11 is 0. The minimum Gasteiger partial charge on any atom is -0.396 e. The van der Waals surface area contributed by atoms with Crippen molar-refractivity contribution in [3.8, 4) is 0 Å². The molecule has 2 rings (SSSR count). The molecule has 2 aliphatic rings. The predicted octanol–water partition coefficient (Wildman–Crippen LogP) is 0.267. The van der Waals surface area contributed by atoms with E-state index in [4.69, 9.17) is 10.5 Å². The number of aliphatic hydroxyl groups is 1. The van der Waals surface area contributed by atoms with Gasteiger partial charge in [-0.1, -0.05) is 0 Å². The van der Waals surface area contributed by atoms with Gasteiger partial charge in [-0.25, -0.2) is 0 Å². The van der Waals surface area contributed by atoms with Crippen LogP contribution in [0, 0.1) is 5.41 Å². The molecule has 12 heavy (non-hydrogen) atoms. The monoisotopic (exact) mass is 171 g/mol. The molecule has 70 valence electrons. The van der Waals surface area contributed by atoms with Crippen molar-refractivity contribution in [2.45, 2.75) is 31.3 Å². The fourth-order valence-corrected chi connectivity index (χ4v) is 2.61. The van der Waals surface area contributed by atoms with E-state index in [9.17, 15) is 5.11 Å². The Morgan fingerprint density at radius 3 is 2.92 bits per heavy atom. The Kier molecular flexibility index (Phi) is 1.90. The molecule has 2 unspecified atom stereocenters. The molecule has 0 radical (unpaired) electrons. The largest absolute Gasteiger partial charge is 0.396 e. The summed E-state index contributed by atoms with van der Waals surface area (Å²) < 4.78 is 5.72. The maximum Gasteiger partial charge on any atom is 0.0811 e. The van der Waals surface area contributed by atoms with Crippen LogP contribution in [-0.2, 0) is 4.74 Å². The van der Waals surface area contributed by atoms with Crippen molar-refractivity contribution < 1.29 is 9.84 Å². The summed E-state index contributed by atoms with van der Waals surface area (Å²) in [6.45, 7) is 1.57. The molecule has 3 nitrogen and oxygen atoms in total. The van der Waals surface area contributed by atoms with Gasteiger partial charge in [0.05, 0.1) is 18.8 Å². The lowest BCUT2D eigenvalue weighted by molar-refractivity contribution is 0.00609. The van der Waals surface area contributed by atoms with Gasteiger partial charge in [-0.2, -0.15) is 0 Å². The first-order chi connectivity index (χ1) is 5.74. The quantitative estimate of drug-likeness (QED) is 0.627. The summed E-state index contributed by atoms with van der Waals surface area (Å²) in [6.07, 6.45) is 4.29. The lowest BCUT2D eigenvalue weighted by Crippen LogP contribution is -2.41. The number of fused-ring (bicyclic) bond motifs is 2. The molecule has 2 atom stereocenters. The van der Waals surface area contributed by atoms with E-state index >= 15 is 0 Å².